The molecule has 0 bridgehead atoms. The fourth-order valence-corrected chi connectivity index (χ4v) is 5.31. The first-order valence-corrected chi connectivity index (χ1v) is 13.8. The minimum atomic E-state index is -0.195. The molecular weight excluding hydrogens is 472 g/mol. The van der Waals surface area contributed by atoms with Crippen molar-refractivity contribution < 1.29 is 4.79 Å². The van der Waals surface area contributed by atoms with Crippen molar-refractivity contribution in [2.75, 3.05) is 19.6 Å². The van der Waals surface area contributed by atoms with Crippen molar-refractivity contribution in [1.82, 2.24) is 19.8 Å². The minimum Gasteiger partial charge on any atom is -0.354 e. The van der Waals surface area contributed by atoms with E-state index in [1.807, 2.05) is 48.5 Å². The van der Waals surface area contributed by atoms with Crippen LogP contribution in [0, 0.1) is 5.92 Å². The number of hydrogen-bond acceptors (Lipinski definition) is 4. The van der Waals surface area contributed by atoms with Crippen molar-refractivity contribution in [3.05, 3.63) is 88.7 Å². The Bertz CT molecular complexity index is 1480. The molecule has 6 rings (SSSR count). The topological polar surface area (TPSA) is 67.2 Å². The molecule has 0 unspecified atom stereocenters. The predicted molar refractivity (Wildman–Crippen MR) is 152 cm³/mol. The lowest BCUT2D eigenvalue weighted by Gasteiger charge is -2.26. The van der Waals surface area contributed by atoms with Gasteiger partial charge in [-0.05, 0) is 73.5 Å². The van der Waals surface area contributed by atoms with E-state index in [-0.39, 0.29) is 18.0 Å². The summed E-state index contributed by atoms with van der Waals surface area (Å²) in [6, 6.07) is 24.1. The van der Waals surface area contributed by atoms with Gasteiger partial charge in [-0.25, -0.2) is 4.98 Å². The molecule has 0 spiro atoms. The van der Waals surface area contributed by atoms with E-state index in [1.54, 1.807) is 0 Å². The number of amides is 1. The zero-order chi connectivity index (χ0) is 25.9. The fraction of sp³-hybridized carbons (Fsp3) is 0.344. The maximum absolute atomic E-state index is 13.8. The molecule has 4 aromatic rings. The molecule has 1 N–H and O–H groups in total. The van der Waals surface area contributed by atoms with Crippen LogP contribution in [-0.4, -0.2) is 40.0 Å². The van der Waals surface area contributed by atoms with Crippen LogP contribution in [0.15, 0.2) is 77.6 Å². The highest BCUT2D eigenvalue weighted by Crippen LogP contribution is 2.28. The maximum atomic E-state index is 13.8. The summed E-state index contributed by atoms with van der Waals surface area (Å²) in [6.07, 6.45) is 6.24. The number of fused-ring (bicyclic) bond motifs is 1. The third-order valence-corrected chi connectivity index (χ3v) is 7.71. The van der Waals surface area contributed by atoms with Gasteiger partial charge in [0.2, 0.25) is 5.91 Å². The van der Waals surface area contributed by atoms with Gasteiger partial charge in [0.25, 0.3) is 5.56 Å². The molecular formula is C32H34N4O2. The smallest absolute Gasteiger partial charge is 0.262 e. The lowest BCUT2D eigenvalue weighted by atomic mass is 10.0. The van der Waals surface area contributed by atoms with E-state index in [0.717, 1.165) is 36.1 Å². The van der Waals surface area contributed by atoms with Crippen LogP contribution in [0.2, 0.25) is 0 Å². The van der Waals surface area contributed by atoms with Gasteiger partial charge in [-0.3, -0.25) is 19.1 Å². The zero-order valence-electron chi connectivity index (χ0n) is 21.7. The monoisotopic (exact) mass is 506 g/mol. The number of nitrogens with zero attached hydrogens (tertiary/aromatic N) is 3. The molecule has 0 radical (unpaired) electrons. The number of piperidine rings is 1. The van der Waals surface area contributed by atoms with Crippen molar-refractivity contribution in [3.63, 3.8) is 0 Å². The summed E-state index contributed by atoms with van der Waals surface area (Å²) < 4.78 is 1.52. The van der Waals surface area contributed by atoms with E-state index in [1.165, 1.54) is 42.5 Å². The Kier molecular flexibility index (Phi) is 7.06. The standard InChI is InChI=1S/C32H34N4O2/c37-30(33-20-23-9-10-23)22-36-31(26-7-3-1-4-8-26)34-29-16-15-27(19-28(29)32(36)38)25-13-11-24(12-14-25)21-35-17-5-2-6-18-35/h1,3-4,7-8,11-16,19,23H,2,5-6,9-10,17-18,20-22H2,(H,33,37). The average Bonchev–Trinajstić information content (AvgIpc) is 3.79. The number of hydrogen-bond donors (Lipinski definition) is 1. The lowest BCUT2D eigenvalue weighted by molar-refractivity contribution is -0.121. The molecule has 2 heterocycles. The largest absolute Gasteiger partial charge is 0.354 e. The second-order valence-electron chi connectivity index (χ2n) is 10.7. The highest BCUT2D eigenvalue weighted by Gasteiger charge is 2.22. The van der Waals surface area contributed by atoms with Crippen molar-refractivity contribution >= 4 is 16.8 Å². The van der Waals surface area contributed by atoms with Crippen molar-refractivity contribution in [2.45, 2.75) is 45.2 Å². The number of nitrogens with one attached hydrogen (secondary N) is 1. The summed E-state index contributed by atoms with van der Waals surface area (Å²) in [5.74, 6) is 0.935. The van der Waals surface area contributed by atoms with Crippen molar-refractivity contribution in [3.8, 4) is 22.5 Å². The van der Waals surface area contributed by atoms with Gasteiger partial charge in [0.1, 0.15) is 12.4 Å². The Morgan fingerprint density at radius 2 is 1.61 bits per heavy atom. The lowest BCUT2D eigenvalue weighted by Crippen LogP contribution is -2.34. The average molecular weight is 507 g/mol. The molecule has 38 heavy (non-hydrogen) atoms. The Hall–Kier alpha value is -3.77. The van der Waals surface area contributed by atoms with Gasteiger partial charge in [0.15, 0.2) is 0 Å². The number of likely N-dealkylation sites (tertiary alicyclic amines) is 1. The van der Waals surface area contributed by atoms with Crippen LogP contribution in [0.25, 0.3) is 33.4 Å². The van der Waals surface area contributed by atoms with E-state index in [2.05, 4.69) is 34.5 Å². The third-order valence-electron chi connectivity index (χ3n) is 7.71. The highest BCUT2D eigenvalue weighted by atomic mass is 16.2. The highest BCUT2D eigenvalue weighted by molar-refractivity contribution is 5.86. The molecule has 6 nitrogen and oxygen atoms in total. The Balaban J connectivity index is 1.32. The number of carbonyl (C=O) groups excluding carboxylic acids is 1. The molecule has 2 aliphatic rings. The summed E-state index contributed by atoms with van der Waals surface area (Å²) in [5.41, 5.74) is 4.60. The number of carbonyl (C=O) groups is 1. The van der Waals surface area contributed by atoms with Gasteiger partial charge in [0.05, 0.1) is 10.9 Å². The quantitative estimate of drug-likeness (QED) is 0.355. The molecule has 194 valence electrons. The van der Waals surface area contributed by atoms with Gasteiger partial charge >= 0.3 is 0 Å². The van der Waals surface area contributed by atoms with Crippen LogP contribution < -0.4 is 10.9 Å². The number of benzene rings is 3. The van der Waals surface area contributed by atoms with Crippen LogP contribution in [0.1, 0.15) is 37.7 Å². The van der Waals surface area contributed by atoms with Crippen molar-refractivity contribution in [1.29, 1.82) is 0 Å². The Morgan fingerprint density at radius 3 is 2.34 bits per heavy atom. The molecule has 1 amide bonds. The van der Waals surface area contributed by atoms with Crippen LogP contribution in [0.3, 0.4) is 0 Å². The first-order valence-electron chi connectivity index (χ1n) is 13.8. The number of aromatic nitrogens is 2. The van der Waals surface area contributed by atoms with E-state index < -0.39 is 0 Å². The van der Waals surface area contributed by atoms with Crippen LogP contribution in [0.5, 0.6) is 0 Å². The second kappa shape index (κ2) is 10.9. The first-order chi connectivity index (χ1) is 18.6. The van der Waals surface area contributed by atoms with E-state index in [9.17, 15) is 9.59 Å². The summed E-state index contributed by atoms with van der Waals surface area (Å²) in [6.45, 7) is 3.96. The van der Waals surface area contributed by atoms with Gasteiger partial charge in [-0.15, -0.1) is 0 Å². The summed E-state index contributed by atoms with van der Waals surface area (Å²) >= 11 is 0. The summed E-state index contributed by atoms with van der Waals surface area (Å²) in [5, 5.41) is 3.51. The molecule has 1 aliphatic heterocycles. The fourth-order valence-electron chi connectivity index (χ4n) is 5.31. The Morgan fingerprint density at radius 1 is 0.868 bits per heavy atom. The van der Waals surface area contributed by atoms with E-state index >= 15 is 0 Å². The van der Waals surface area contributed by atoms with Gasteiger partial charge in [-0.2, -0.15) is 0 Å². The molecule has 1 aliphatic carbocycles. The normalized spacial score (nSPS) is 16.0. The third kappa shape index (κ3) is 5.55. The SMILES string of the molecule is O=C(Cn1c(-c2ccccc2)nc2ccc(-c3ccc(CN4CCCCC4)cc3)cc2c1=O)NCC1CC1. The van der Waals surface area contributed by atoms with Crippen LogP contribution >= 0.6 is 0 Å². The maximum Gasteiger partial charge on any atom is 0.262 e. The van der Waals surface area contributed by atoms with Crippen LogP contribution in [0.4, 0.5) is 0 Å². The summed E-state index contributed by atoms with van der Waals surface area (Å²) in [4.78, 5) is 34.0. The summed E-state index contributed by atoms with van der Waals surface area (Å²) in [7, 11) is 0. The minimum absolute atomic E-state index is 0.0475. The number of rotatable bonds is 8. The van der Waals surface area contributed by atoms with Gasteiger partial charge < -0.3 is 5.32 Å². The predicted octanol–water partition coefficient (Wildman–Crippen LogP) is 5.24. The first kappa shape index (κ1) is 24.6. The molecule has 3 aromatic carbocycles. The molecule has 1 saturated carbocycles. The van der Waals surface area contributed by atoms with E-state index in [4.69, 9.17) is 4.98 Å². The molecule has 6 heteroatoms. The molecule has 2 fully saturated rings. The van der Waals surface area contributed by atoms with Gasteiger partial charge in [0, 0.05) is 18.7 Å². The van der Waals surface area contributed by atoms with E-state index in [0.29, 0.717) is 29.2 Å². The molecule has 1 saturated heterocycles. The molecule has 0 atom stereocenters. The van der Waals surface area contributed by atoms with Crippen molar-refractivity contribution in [2.24, 2.45) is 5.92 Å². The second-order valence-corrected chi connectivity index (χ2v) is 10.7. The van der Waals surface area contributed by atoms with Gasteiger partial charge in [-0.1, -0.05) is 67.1 Å². The zero-order valence-corrected chi connectivity index (χ0v) is 21.7. The molecule has 1 aromatic heterocycles. The van der Waals surface area contributed by atoms with Crippen LogP contribution in [-0.2, 0) is 17.9 Å². The Labute approximate surface area is 223 Å².